The highest BCUT2D eigenvalue weighted by Gasteiger charge is 2.32. The molecule has 0 fully saturated rings. The molecule has 0 saturated heterocycles. The Balaban J connectivity index is 2.04. The number of carbonyl (C=O) groups is 1. The van der Waals surface area contributed by atoms with E-state index in [-0.39, 0.29) is 11.9 Å². The average Bonchev–Trinajstić information content (AvgIpc) is 2.88. The molecule has 3 rings (SSSR count). The first-order chi connectivity index (χ1) is 10.1. The van der Waals surface area contributed by atoms with E-state index in [1.54, 1.807) is 0 Å². The number of aromatic nitrogens is 3. The highest BCUT2D eigenvalue weighted by molar-refractivity contribution is 5.82. The molecule has 1 aromatic carbocycles. The largest absolute Gasteiger partial charge is 0.333 e. The van der Waals surface area contributed by atoms with Gasteiger partial charge in [0.1, 0.15) is 6.04 Å². The lowest BCUT2D eigenvalue weighted by atomic mass is 10.1. The van der Waals surface area contributed by atoms with Crippen molar-refractivity contribution in [3.8, 4) is 11.4 Å². The van der Waals surface area contributed by atoms with Crippen LogP contribution < -0.4 is 0 Å². The standard InChI is InChI=1S/C16H20N4O/c1-4-8-19-10-14-17-18-15(20(14)12(3)16(19)21)13-7-5-6-11(2)9-13/h5-7,9,12H,4,8,10H2,1-3H3/t12-/m1/s1. The summed E-state index contributed by atoms with van der Waals surface area (Å²) >= 11 is 0. The summed E-state index contributed by atoms with van der Waals surface area (Å²) in [4.78, 5) is 14.3. The third-order valence-electron chi connectivity index (χ3n) is 3.92. The molecule has 110 valence electrons. The van der Waals surface area contributed by atoms with Crippen molar-refractivity contribution in [2.24, 2.45) is 0 Å². The molecule has 0 radical (unpaired) electrons. The van der Waals surface area contributed by atoms with Crippen molar-refractivity contribution < 1.29 is 4.79 Å². The second-order valence-electron chi connectivity index (χ2n) is 5.62. The molecule has 1 aliphatic rings. The van der Waals surface area contributed by atoms with Gasteiger partial charge >= 0.3 is 0 Å². The first-order valence-electron chi connectivity index (χ1n) is 7.41. The Hall–Kier alpha value is -2.17. The second-order valence-corrected chi connectivity index (χ2v) is 5.62. The van der Waals surface area contributed by atoms with Crippen molar-refractivity contribution >= 4 is 5.91 Å². The fourth-order valence-corrected chi connectivity index (χ4v) is 2.90. The van der Waals surface area contributed by atoms with Crippen molar-refractivity contribution in [1.29, 1.82) is 0 Å². The fourth-order valence-electron chi connectivity index (χ4n) is 2.90. The van der Waals surface area contributed by atoms with E-state index in [4.69, 9.17) is 0 Å². The molecule has 0 bridgehead atoms. The van der Waals surface area contributed by atoms with E-state index in [9.17, 15) is 4.79 Å². The lowest BCUT2D eigenvalue weighted by Gasteiger charge is -2.31. The third kappa shape index (κ3) is 2.33. The predicted molar refractivity (Wildman–Crippen MR) is 80.6 cm³/mol. The number of amides is 1. The zero-order valence-corrected chi connectivity index (χ0v) is 12.7. The first kappa shape index (κ1) is 13.8. The molecule has 5 heteroatoms. The molecular weight excluding hydrogens is 264 g/mol. The molecule has 2 aromatic rings. The number of benzene rings is 1. The summed E-state index contributed by atoms with van der Waals surface area (Å²) in [5.74, 6) is 1.80. The number of hydrogen-bond acceptors (Lipinski definition) is 3. The summed E-state index contributed by atoms with van der Waals surface area (Å²) in [7, 11) is 0. The minimum absolute atomic E-state index is 0.151. The second kappa shape index (κ2) is 5.31. The molecule has 1 aliphatic heterocycles. The first-order valence-corrected chi connectivity index (χ1v) is 7.41. The van der Waals surface area contributed by atoms with Crippen LogP contribution in [0.1, 0.15) is 37.7 Å². The maximum Gasteiger partial charge on any atom is 0.245 e. The smallest absolute Gasteiger partial charge is 0.245 e. The SMILES string of the molecule is CCCN1Cc2nnc(-c3cccc(C)c3)n2[C@H](C)C1=O. The van der Waals surface area contributed by atoms with E-state index in [1.807, 2.05) is 28.5 Å². The number of aryl methyl sites for hydroxylation is 1. The summed E-state index contributed by atoms with van der Waals surface area (Å²) in [5, 5.41) is 8.62. The summed E-state index contributed by atoms with van der Waals surface area (Å²) in [5.41, 5.74) is 2.18. The predicted octanol–water partition coefficient (Wildman–Crippen LogP) is 2.57. The molecule has 21 heavy (non-hydrogen) atoms. The van der Waals surface area contributed by atoms with Crippen molar-refractivity contribution in [3.05, 3.63) is 35.7 Å². The van der Waals surface area contributed by atoms with Gasteiger partial charge in [-0.15, -0.1) is 10.2 Å². The van der Waals surface area contributed by atoms with Crippen LogP contribution in [0, 0.1) is 6.92 Å². The molecule has 0 saturated carbocycles. The molecule has 1 amide bonds. The van der Waals surface area contributed by atoms with Crippen LogP contribution in [0.15, 0.2) is 24.3 Å². The fraction of sp³-hybridized carbons (Fsp3) is 0.438. The van der Waals surface area contributed by atoms with Gasteiger partial charge in [0.2, 0.25) is 5.91 Å². The van der Waals surface area contributed by atoms with Crippen LogP contribution in [0.3, 0.4) is 0 Å². The molecule has 1 atom stereocenters. The van der Waals surface area contributed by atoms with Crippen LogP contribution in [0.2, 0.25) is 0 Å². The van der Waals surface area contributed by atoms with E-state index in [1.165, 1.54) is 5.56 Å². The van der Waals surface area contributed by atoms with Gasteiger partial charge in [-0.1, -0.05) is 30.7 Å². The van der Waals surface area contributed by atoms with Crippen molar-refractivity contribution in [3.63, 3.8) is 0 Å². The Bertz CT molecular complexity index is 677. The van der Waals surface area contributed by atoms with Crippen molar-refractivity contribution in [1.82, 2.24) is 19.7 Å². The van der Waals surface area contributed by atoms with E-state index in [2.05, 4.69) is 36.2 Å². The normalized spacial score (nSPS) is 18.0. The number of nitrogens with zero attached hydrogens (tertiary/aromatic N) is 4. The van der Waals surface area contributed by atoms with E-state index in [0.717, 1.165) is 30.2 Å². The topological polar surface area (TPSA) is 51.0 Å². The van der Waals surface area contributed by atoms with Gasteiger partial charge in [0.05, 0.1) is 6.54 Å². The Morgan fingerprint density at radius 2 is 2.14 bits per heavy atom. The van der Waals surface area contributed by atoms with Gasteiger partial charge in [0.15, 0.2) is 11.6 Å². The van der Waals surface area contributed by atoms with Crippen LogP contribution in [-0.2, 0) is 11.3 Å². The van der Waals surface area contributed by atoms with Crippen LogP contribution in [0.4, 0.5) is 0 Å². The summed E-state index contributed by atoms with van der Waals surface area (Å²) < 4.78 is 1.98. The summed E-state index contributed by atoms with van der Waals surface area (Å²) in [6.45, 7) is 7.38. The van der Waals surface area contributed by atoms with Crippen LogP contribution >= 0.6 is 0 Å². The van der Waals surface area contributed by atoms with Gasteiger partial charge < -0.3 is 4.90 Å². The Morgan fingerprint density at radius 3 is 2.86 bits per heavy atom. The zero-order valence-electron chi connectivity index (χ0n) is 12.7. The molecule has 5 nitrogen and oxygen atoms in total. The molecule has 1 aromatic heterocycles. The Kier molecular flexibility index (Phi) is 3.49. The Morgan fingerprint density at radius 1 is 1.33 bits per heavy atom. The van der Waals surface area contributed by atoms with Crippen molar-refractivity contribution in [2.75, 3.05) is 6.54 Å². The lowest BCUT2D eigenvalue weighted by Crippen LogP contribution is -2.42. The van der Waals surface area contributed by atoms with Gasteiger partial charge in [-0.3, -0.25) is 9.36 Å². The van der Waals surface area contributed by atoms with Crippen LogP contribution in [-0.4, -0.2) is 32.1 Å². The molecule has 0 unspecified atom stereocenters. The summed E-state index contributed by atoms with van der Waals surface area (Å²) in [6.07, 6.45) is 0.956. The quantitative estimate of drug-likeness (QED) is 0.870. The molecule has 0 aliphatic carbocycles. The van der Waals surface area contributed by atoms with E-state index >= 15 is 0 Å². The molecule has 0 N–H and O–H groups in total. The maximum atomic E-state index is 12.5. The number of hydrogen-bond donors (Lipinski definition) is 0. The highest BCUT2D eigenvalue weighted by atomic mass is 16.2. The van der Waals surface area contributed by atoms with Crippen LogP contribution in [0.25, 0.3) is 11.4 Å². The minimum atomic E-state index is -0.245. The van der Waals surface area contributed by atoms with Crippen molar-refractivity contribution in [2.45, 2.75) is 39.8 Å². The lowest BCUT2D eigenvalue weighted by molar-refractivity contribution is -0.136. The average molecular weight is 284 g/mol. The van der Waals surface area contributed by atoms with Gasteiger partial charge in [-0.2, -0.15) is 0 Å². The van der Waals surface area contributed by atoms with E-state index in [0.29, 0.717) is 6.54 Å². The Labute approximate surface area is 124 Å². The molecule has 2 heterocycles. The number of rotatable bonds is 3. The van der Waals surface area contributed by atoms with Gasteiger partial charge in [-0.05, 0) is 26.3 Å². The molecule has 0 spiro atoms. The monoisotopic (exact) mass is 284 g/mol. The minimum Gasteiger partial charge on any atom is -0.333 e. The van der Waals surface area contributed by atoms with Gasteiger partial charge in [0.25, 0.3) is 0 Å². The maximum absolute atomic E-state index is 12.5. The van der Waals surface area contributed by atoms with E-state index < -0.39 is 0 Å². The summed E-state index contributed by atoms with van der Waals surface area (Å²) in [6, 6.07) is 7.90. The van der Waals surface area contributed by atoms with Crippen LogP contribution in [0.5, 0.6) is 0 Å². The zero-order chi connectivity index (χ0) is 15.0. The molecular formula is C16H20N4O. The highest BCUT2D eigenvalue weighted by Crippen LogP contribution is 2.28. The van der Waals surface area contributed by atoms with Gasteiger partial charge in [-0.25, -0.2) is 0 Å². The number of fused-ring (bicyclic) bond motifs is 1. The van der Waals surface area contributed by atoms with Gasteiger partial charge in [0, 0.05) is 12.1 Å². The number of carbonyl (C=O) groups excluding carboxylic acids is 1. The third-order valence-corrected chi connectivity index (χ3v) is 3.92.